The van der Waals surface area contributed by atoms with Crippen molar-refractivity contribution in [1.82, 2.24) is 25.4 Å². The van der Waals surface area contributed by atoms with Crippen molar-refractivity contribution < 1.29 is 13.2 Å². The van der Waals surface area contributed by atoms with Crippen LogP contribution in [0.3, 0.4) is 0 Å². The predicted octanol–water partition coefficient (Wildman–Crippen LogP) is -0.663. The van der Waals surface area contributed by atoms with Crippen LogP contribution in [0, 0.1) is 0 Å². The summed E-state index contributed by atoms with van der Waals surface area (Å²) in [5, 5.41) is 11.7. The number of sulfonamides is 1. The van der Waals surface area contributed by atoms with Gasteiger partial charge in [0.25, 0.3) is 10.0 Å². The van der Waals surface area contributed by atoms with E-state index in [1.807, 2.05) is 0 Å². The van der Waals surface area contributed by atoms with Gasteiger partial charge in [0.05, 0.1) is 13.3 Å². The Hall–Kier alpha value is -2.10. The van der Waals surface area contributed by atoms with Crippen LogP contribution in [-0.2, 0) is 10.0 Å². The van der Waals surface area contributed by atoms with Crippen molar-refractivity contribution in [3.05, 3.63) is 12.3 Å². The van der Waals surface area contributed by atoms with E-state index in [2.05, 4.69) is 30.1 Å². The molecular formula is C6H8N6O3S. The number of rotatable bonds is 4. The lowest BCUT2D eigenvalue weighted by atomic mass is 10.8. The quantitative estimate of drug-likeness (QED) is 0.655. The lowest BCUT2D eigenvalue weighted by molar-refractivity contribution is 0.382. The van der Waals surface area contributed by atoms with Crippen molar-refractivity contribution in [1.29, 1.82) is 0 Å². The molecule has 0 radical (unpaired) electrons. The number of nitrogens with zero attached hydrogens (tertiary/aromatic N) is 3. The molecule has 0 amide bonds. The maximum absolute atomic E-state index is 11.6. The van der Waals surface area contributed by atoms with Crippen LogP contribution < -0.4 is 9.46 Å². The Morgan fingerprint density at radius 2 is 2.25 bits per heavy atom. The fourth-order valence-electron chi connectivity index (χ4n) is 0.958. The van der Waals surface area contributed by atoms with Crippen molar-refractivity contribution in [2.45, 2.75) is 5.03 Å². The molecule has 0 saturated heterocycles. The summed E-state index contributed by atoms with van der Waals surface area (Å²) < 4.78 is 30.2. The molecule has 0 bridgehead atoms. The average Bonchev–Trinajstić information content (AvgIpc) is 2.86. The fourth-order valence-corrected chi connectivity index (χ4v) is 1.83. The van der Waals surface area contributed by atoms with Crippen LogP contribution in [-0.4, -0.2) is 40.9 Å². The van der Waals surface area contributed by atoms with Gasteiger partial charge in [0.15, 0.2) is 5.03 Å². The van der Waals surface area contributed by atoms with E-state index in [4.69, 9.17) is 4.74 Å². The van der Waals surface area contributed by atoms with E-state index in [0.717, 1.165) is 0 Å². The molecular weight excluding hydrogens is 236 g/mol. The molecule has 0 fully saturated rings. The van der Waals surface area contributed by atoms with E-state index < -0.39 is 10.0 Å². The molecule has 16 heavy (non-hydrogen) atoms. The molecule has 0 aromatic carbocycles. The van der Waals surface area contributed by atoms with Gasteiger partial charge in [-0.2, -0.15) is 18.5 Å². The number of hydrogen-bond donors (Lipinski definition) is 3. The summed E-state index contributed by atoms with van der Waals surface area (Å²) >= 11 is 0. The zero-order valence-corrected chi connectivity index (χ0v) is 8.95. The SMILES string of the molecule is COc1n[nH]c(NS(=O)(=O)c2ccn[nH]2)n1. The summed E-state index contributed by atoms with van der Waals surface area (Å²) in [5.41, 5.74) is 0. The van der Waals surface area contributed by atoms with E-state index in [1.165, 1.54) is 19.4 Å². The van der Waals surface area contributed by atoms with Crippen LogP contribution in [0.4, 0.5) is 5.95 Å². The molecule has 2 heterocycles. The van der Waals surface area contributed by atoms with Crippen molar-refractivity contribution in [2.24, 2.45) is 0 Å². The highest BCUT2D eigenvalue weighted by Gasteiger charge is 2.17. The van der Waals surface area contributed by atoms with E-state index in [0.29, 0.717) is 0 Å². The zero-order valence-electron chi connectivity index (χ0n) is 8.13. The Morgan fingerprint density at radius 1 is 1.44 bits per heavy atom. The molecule has 0 aliphatic heterocycles. The summed E-state index contributed by atoms with van der Waals surface area (Å²) in [5.74, 6) is -0.0357. The monoisotopic (exact) mass is 244 g/mol. The molecule has 2 rings (SSSR count). The Kier molecular flexibility index (Phi) is 2.48. The molecule has 0 aliphatic carbocycles. The van der Waals surface area contributed by atoms with Gasteiger partial charge in [-0.1, -0.05) is 0 Å². The molecule has 86 valence electrons. The molecule has 10 heteroatoms. The third-order valence-corrected chi connectivity index (χ3v) is 2.91. The van der Waals surface area contributed by atoms with Gasteiger partial charge in [-0.15, -0.1) is 5.10 Å². The summed E-state index contributed by atoms with van der Waals surface area (Å²) in [6.45, 7) is 0. The minimum atomic E-state index is -3.72. The maximum Gasteiger partial charge on any atom is 0.336 e. The second-order valence-electron chi connectivity index (χ2n) is 2.70. The van der Waals surface area contributed by atoms with Gasteiger partial charge in [-0.05, 0) is 6.07 Å². The van der Waals surface area contributed by atoms with Crippen LogP contribution in [0.5, 0.6) is 6.01 Å². The highest BCUT2D eigenvalue weighted by Crippen LogP contribution is 2.11. The second kappa shape index (κ2) is 3.81. The molecule has 0 spiro atoms. The highest BCUT2D eigenvalue weighted by atomic mass is 32.2. The summed E-state index contributed by atoms with van der Waals surface area (Å²) in [6.07, 6.45) is 1.33. The van der Waals surface area contributed by atoms with Crippen molar-refractivity contribution in [3.8, 4) is 6.01 Å². The lowest BCUT2D eigenvalue weighted by Crippen LogP contribution is -2.14. The number of nitrogens with one attached hydrogen (secondary N) is 3. The van der Waals surface area contributed by atoms with Crippen molar-refractivity contribution in [2.75, 3.05) is 11.8 Å². The maximum atomic E-state index is 11.6. The first kappa shape index (κ1) is 10.4. The first-order valence-corrected chi connectivity index (χ1v) is 5.59. The minimum absolute atomic E-state index is 0.0357. The van der Waals surface area contributed by atoms with Gasteiger partial charge >= 0.3 is 6.01 Å². The van der Waals surface area contributed by atoms with E-state index in [9.17, 15) is 8.42 Å². The Bertz CT molecular complexity index is 559. The zero-order chi connectivity index (χ0) is 11.6. The number of aromatic amines is 2. The first-order valence-electron chi connectivity index (χ1n) is 4.10. The predicted molar refractivity (Wildman–Crippen MR) is 52.3 cm³/mol. The second-order valence-corrected chi connectivity index (χ2v) is 4.35. The standard InChI is InChI=1S/C6H8N6O3S/c1-15-6-8-5(10-11-6)12-16(13,14)4-2-3-7-9-4/h2-3H,1H3,(H,7,9)(H2,8,10,11,12). The average molecular weight is 244 g/mol. The van der Waals surface area contributed by atoms with Crippen LogP contribution >= 0.6 is 0 Å². The summed E-state index contributed by atoms with van der Waals surface area (Å²) in [7, 11) is -2.35. The molecule has 0 unspecified atom stereocenters. The molecule has 9 nitrogen and oxygen atoms in total. The largest absolute Gasteiger partial charge is 0.466 e. The van der Waals surface area contributed by atoms with E-state index >= 15 is 0 Å². The van der Waals surface area contributed by atoms with Gasteiger partial charge in [0.1, 0.15) is 0 Å². The number of methoxy groups -OCH3 is 1. The number of H-pyrrole nitrogens is 2. The van der Waals surface area contributed by atoms with Crippen LogP contribution in [0.2, 0.25) is 0 Å². The van der Waals surface area contributed by atoms with Crippen LogP contribution in [0.15, 0.2) is 17.3 Å². The number of anilines is 1. The fraction of sp³-hybridized carbons (Fsp3) is 0.167. The van der Waals surface area contributed by atoms with Crippen molar-refractivity contribution >= 4 is 16.0 Å². The third-order valence-electron chi connectivity index (χ3n) is 1.64. The van der Waals surface area contributed by atoms with Gasteiger partial charge in [-0.25, -0.2) is 9.82 Å². The van der Waals surface area contributed by atoms with Crippen LogP contribution in [0.1, 0.15) is 0 Å². The van der Waals surface area contributed by atoms with Gasteiger partial charge in [-0.3, -0.25) is 5.10 Å². The molecule has 3 N–H and O–H groups in total. The number of hydrogen-bond acceptors (Lipinski definition) is 6. The summed E-state index contributed by atoms with van der Waals surface area (Å²) in [6, 6.07) is 1.36. The van der Waals surface area contributed by atoms with Gasteiger partial charge < -0.3 is 4.74 Å². The van der Waals surface area contributed by atoms with E-state index in [1.54, 1.807) is 0 Å². The topological polar surface area (TPSA) is 126 Å². The highest BCUT2D eigenvalue weighted by molar-refractivity contribution is 7.92. The molecule has 0 aliphatic rings. The van der Waals surface area contributed by atoms with Crippen LogP contribution in [0.25, 0.3) is 0 Å². The third kappa shape index (κ3) is 1.95. The molecule has 2 aromatic heterocycles. The Balaban J connectivity index is 2.21. The summed E-state index contributed by atoms with van der Waals surface area (Å²) in [4.78, 5) is 3.71. The van der Waals surface area contributed by atoms with Crippen molar-refractivity contribution in [3.63, 3.8) is 0 Å². The molecule has 0 atom stereocenters. The Morgan fingerprint density at radius 3 is 2.81 bits per heavy atom. The Labute approximate surface area is 90.3 Å². The van der Waals surface area contributed by atoms with Gasteiger partial charge in [0, 0.05) is 0 Å². The lowest BCUT2D eigenvalue weighted by Gasteiger charge is -2.00. The number of ether oxygens (including phenoxy) is 1. The number of aromatic nitrogens is 5. The molecule has 0 saturated carbocycles. The smallest absolute Gasteiger partial charge is 0.336 e. The first-order chi connectivity index (χ1) is 7.62. The normalized spacial score (nSPS) is 11.3. The van der Waals surface area contributed by atoms with Gasteiger partial charge in [0.2, 0.25) is 5.95 Å². The molecule has 2 aromatic rings. The minimum Gasteiger partial charge on any atom is -0.466 e. The van der Waals surface area contributed by atoms with E-state index in [-0.39, 0.29) is 17.0 Å².